The van der Waals surface area contributed by atoms with Gasteiger partial charge in [-0.15, -0.1) is 0 Å². The summed E-state index contributed by atoms with van der Waals surface area (Å²) in [6.07, 6.45) is -2.37. The number of anilines is 1. The van der Waals surface area contributed by atoms with E-state index >= 15 is 0 Å². The number of aliphatic hydroxyl groups is 2. The van der Waals surface area contributed by atoms with Crippen LogP contribution in [-0.4, -0.2) is 70.1 Å². The van der Waals surface area contributed by atoms with Crippen molar-refractivity contribution in [2.75, 3.05) is 19.4 Å². The van der Waals surface area contributed by atoms with E-state index in [0.717, 1.165) is 0 Å². The first kappa shape index (κ1) is 21.9. The number of sulfonamides is 1. The Kier molecular flexibility index (Phi) is 5.67. The van der Waals surface area contributed by atoms with Gasteiger partial charge in [0.15, 0.2) is 17.7 Å². The third-order valence-electron chi connectivity index (χ3n) is 5.07. The van der Waals surface area contributed by atoms with Gasteiger partial charge in [-0.05, 0) is 18.2 Å². The number of hydrogen-bond acceptors (Lipinski definition) is 11. The fourth-order valence-electron chi connectivity index (χ4n) is 3.40. The van der Waals surface area contributed by atoms with Gasteiger partial charge in [0, 0.05) is 6.54 Å². The summed E-state index contributed by atoms with van der Waals surface area (Å²) in [6.45, 7) is -0.339. The Hall–Kier alpha value is -3.35. The minimum Gasteiger partial charge on any atom is -0.495 e. The van der Waals surface area contributed by atoms with Gasteiger partial charge in [0.05, 0.1) is 23.9 Å². The summed E-state index contributed by atoms with van der Waals surface area (Å²) in [4.78, 5) is 11.8. The number of imidazole rings is 1. The molecular weight excluding hydrogens is 442 g/mol. The number of benzene rings is 1. The summed E-state index contributed by atoms with van der Waals surface area (Å²) < 4.78 is 39.8. The first-order valence-electron chi connectivity index (χ1n) is 9.29. The molecule has 168 valence electrons. The van der Waals surface area contributed by atoms with Gasteiger partial charge in [-0.2, -0.15) is 5.26 Å². The van der Waals surface area contributed by atoms with Crippen molar-refractivity contribution in [2.24, 2.45) is 0 Å². The maximum atomic E-state index is 12.7. The Bertz CT molecular complexity index is 1300. The molecule has 0 bridgehead atoms. The van der Waals surface area contributed by atoms with Crippen molar-refractivity contribution in [3.05, 3.63) is 36.4 Å². The van der Waals surface area contributed by atoms with E-state index in [-0.39, 0.29) is 34.2 Å². The van der Waals surface area contributed by atoms with Crippen LogP contribution in [0.5, 0.6) is 5.75 Å². The fourth-order valence-corrected chi connectivity index (χ4v) is 4.47. The third kappa shape index (κ3) is 3.72. The molecule has 0 aliphatic carbocycles. The van der Waals surface area contributed by atoms with Gasteiger partial charge in [0.2, 0.25) is 10.0 Å². The van der Waals surface area contributed by atoms with E-state index in [4.69, 9.17) is 20.5 Å². The number of nitrogens with one attached hydrogen (secondary N) is 1. The van der Waals surface area contributed by atoms with Crippen molar-refractivity contribution >= 4 is 27.0 Å². The van der Waals surface area contributed by atoms with Gasteiger partial charge in [-0.3, -0.25) is 4.57 Å². The average molecular weight is 461 g/mol. The van der Waals surface area contributed by atoms with Crippen LogP contribution in [0, 0.1) is 11.3 Å². The lowest BCUT2D eigenvalue weighted by Gasteiger charge is -2.16. The van der Waals surface area contributed by atoms with Crippen molar-refractivity contribution < 1.29 is 28.1 Å². The first-order valence-corrected chi connectivity index (χ1v) is 10.8. The van der Waals surface area contributed by atoms with Crippen molar-refractivity contribution in [1.29, 1.82) is 5.26 Å². The van der Waals surface area contributed by atoms with Crippen molar-refractivity contribution in [1.82, 2.24) is 24.2 Å². The highest BCUT2D eigenvalue weighted by atomic mass is 32.2. The summed E-state index contributed by atoms with van der Waals surface area (Å²) in [5.74, 6) is 0.381. The van der Waals surface area contributed by atoms with E-state index in [2.05, 4.69) is 19.7 Å². The molecule has 1 fully saturated rings. The number of methoxy groups -OCH3 is 1. The molecule has 14 heteroatoms. The second-order valence-electron chi connectivity index (χ2n) is 6.96. The van der Waals surface area contributed by atoms with Crippen LogP contribution in [0.15, 0.2) is 35.7 Å². The van der Waals surface area contributed by atoms with Crippen LogP contribution >= 0.6 is 0 Å². The van der Waals surface area contributed by atoms with Gasteiger partial charge in [-0.25, -0.2) is 28.1 Å². The molecule has 4 atom stereocenters. The molecule has 32 heavy (non-hydrogen) atoms. The van der Waals surface area contributed by atoms with Crippen molar-refractivity contribution in [3.63, 3.8) is 0 Å². The molecule has 1 aliphatic rings. The molecule has 0 amide bonds. The summed E-state index contributed by atoms with van der Waals surface area (Å²) in [5.41, 5.74) is 6.40. The number of nitrogens with two attached hydrogens (primary N) is 1. The van der Waals surface area contributed by atoms with E-state index in [1.165, 1.54) is 42.5 Å². The van der Waals surface area contributed by atoms with Crippen molar-refractivity contribution in [3.8, 4) is 11.8 Å². The topological polar surface area (TPSA) is 198 Å². The predicted octanol–water partition coefficient (Wildman–Crippen LogP) is -1.11. The van der Waals surface area contributed by atoms with E-state index in [0.29, 0.717) is 5.52 Å². The number of hydrogen-bond donors (Lipinski definition) is 4. The Morgan fingerprint density at radius 2 is 2.09 bits per heavy atom. The molecule has 4 rings (SSSR count). The molecule has 3 aromatic rings. The van der Waals surface area contributed by atoms with Crippen LogP contribution in [0.2, 0.25) is 0 Å². The van der Waals surface area contributed by atoms with Crippen molar-refractivity contribution in [2.45, 2.75) is 29.4 Å². The average Bonchev–Trinajstić information content (AvgIpc) is 3.34. The van der Waals surface area contributed by atoms with Gasteiger partial charge in [0.1, 0.15) is 42.0 Å². The highest BCUT2D eigenvalue weighted by molar-refractivity contribution is 7.89. The van der Waals surface area contributed by atoms with E-state index in [1.807, 2.05) is 6.07 Å². The Morgan fingerprint density at radius 1 is 1.31 bits per heavy atom. The van der Waals surface area contributed by atoms with E-state index in [1.54, 1.807) is 0 Å². The number of rotatable bonds is 6. The number of fused-ring (bicyclic) bond motifs is 1. The second kappa shape index (κ2) is 8.30. The molecule has 1 aromatic carbocycles. The highest BCUT2D eigenvalue weighted by Gasteiger charge is 2.44. The van der Waals surface area contributed by atoms with Crippen LogP contribution in [0.3, 0.4) is 0 Å². The Labute approximate surface area is 182 Å². The monoisotopic (exact) mass is 461 g/mol. The standard InChI is InChI=1S/C18H19N7O6S/c1-30-11-3-2-10(4-9(11)5-19)32(28,29)24-6-12-14(26)15(27)18(31-12)25-8-23-13-16(20)21-7-22-17(13)25/h2-4,7-8,12,14-15,18,24,26-27H,6H2,1H3,(H2,20,21,22)/t12-,14-,15-,18-/m1/s1. The number of nitriles is 1. The molecule has 1 aliphatic heterocycles. The van der Waals surface area contributed by atoms with Crippen LogP contribution < -0.4 is 15.2 Å². The number of aliphatic hydroxyl groups excluding tert-OH is 2. The predicted molar refractivity (Wildman–Crippen MR) is 109 cm³/mol. The smallest absolute Gasteiger partial charge is 0.240 e. The minimum atomic E-state index is -4.04. The Balaban J connectivity index is 1.52. The molecule has 0 unspecified atom stereocenters. The molecule has 13 nitrogen and oxygen atoms in total. The molecular formula is C18H19N7O6S. The fraction of sp³-hybridized carbons (Fsp3) is 0.333. The zero-order chi connectivity index (χ0) is 23.0. The number of nitrogen functional groups attached to an aromatic ring is 1. The Morgan fingerprint density at radius 3 is 2.81 bits per heavy atom. The maximum absolute atomic E-state index is 12.7. The lowest BCUT2D eigenvalue weighted by atomic mass is 10.1. The summed E-state index contributed by atoms with van der Waals surface area (Å²) >= 11 is 0. The third-order valence-corrected chi connectivity index (χ3v) is 6.50. The number of nitrogens with zero attached hydrogens (tertiary/aromatic N) is 5. The molecule has 5 N–H and O–H groups in total. The normalized spacial score (nSPS) is 23.3. The van der Waals surface area contributed by atoms with Gasteiger partial charge >= 0.3 is 0 Å². The zero-order valence-corrected chi connectivity index (χ0v) is 17.5. The quantitative estimate of drug-likeness (QED) is 0.347. The first-order chi connectivity index (χ1) is 15.3. The summed E-state index contributed by atoms with van der Waals surface area (Å²) in [7, 11) is -2.68. The van der Waals surface area contributed by atoms with Gasteiger partial charge < -0.3 is 25.4 Å². The van der Waals surface area contributed by atoms with Gasteiger partial charge in [0.25, 0.3) is 0 Å². The summed E-state index contributed by atoms with van der Waals surface area (Å²) in [6, 6.07) is 5.69. The molecule has 0 saturated carbocycles. The second-order valence-corrected chi connectivity index (χ2v) is 8.72. The molecule has 1 saturated heterocycles. The van der Waals surface area contributed by atoms with E-state index < -0.39 is 34.6 Å². The van der Waals surface area contributed by atoms with Crippen LogP contribution in [-0.2, 0) is 14.8 Å². The lowest BCUT2D eigenvalue weighted by molar-refractivity contribution is -0.0330. The SMILES string of the molecule is COc1ccc(S(=O)(=O)NC[C@H]2O[C@@H](n3cnc4c(N)ncnc43)[C@H](O)[C@@H]2O)cc1C#N. The highest BCUT2D eigenvalue weighted by Crippen LogP contribution is 2.32. The molecule has 0 radical (unpaired) electrons. The van der Waals surface area contributed by atoms with E-state index in [9.17, 15) is 18.6 Å². The number of aromatic nitrogens is 4. The summed E-state index contributed by atoms with van der Waals surface area (Å²) in [5, 5.41) is 30.1. The molecule has 2 aromatic heterocycles. The largest absolute Gasteiger partial charge is 0.495 e. The minimum absolute atomic E-state index is 0.0521. The van der Waals surface area contributed by atoms with Crippen LogP contribution in [0.4, 0.5) is 5.82 Å². The van der Waals surface area contributed by atoms with Crippen LogP contribution in [0.25, 0.3) is 11.2 Å². The lowest BCUT2D eigenvalue weighted by Crippen LogP contribution is -2.39. The zero-order valence-electron chi connectivity index (χ0n) is 16.7. The van der Waals surface area contributed by atoms with Crippen LogP contribution in [0.1, 0.15) is 11.8 Å². The molecule has 3 heterocycles. The maximum Gasteiger partial charge on any atom is 0.240 e. The van der Waals surface area contributed by atoms with Gasteiger partial charge in [-0.1, -0.05) is 0 Å². The number of ether oxygens (including phenoxy) is 2. The molecule has 0 spiro atoms.